The molecule has 0 bridgehead atoms. The number of rotatable bonds is 5. The van der Waals surface area contributed by atoms with Crippen molar-refractivity contribution in [1.82, 2.24) is 9.78 Å². The second-order valence-corrected chi connectivity index (χ2v) is 5.77. The van der Waals surface area contributed by atoms with Gasteiger partial charge in [0.2, 0.25) is 0 Å². The number of nitrogens with one attached hydrogen (secondary N) is 1. The van der Waals surface area contributed by atoms with Gasteiger partial charge in [0.25, 0.3) is 0 Å². The van der Waals surface area contributed by atoms with Gasteiger partial charge in [-0.25, -0.2) is 0 Å². The van der Waals surface area contributed by atoms with E-state index in [0.717, 1.165) is 23.7 Å². The van der Waals surface area contributed by atoms with Gasteiger partial charge in [-0.1, -0.05) is 0 Å². The molecule has 0 atom stereocenters. The van der Waals surface area contributed by atoms with Crippen molar-refractivity contribution in [3.8, 4) is 5.75 Å². The van der Waals surface area contributed by atoms with Gasteiger partial charge in [-0.15, -0.1) is 0 Å². The number of aromatic nitrogens is 2. The molecule has 0 aliphatic heterocycles. The highest BCUT2D eigenvalue weighted by molar-refractivity contribution is 5.54. The van der Waals surface area contributed by atoms with Gasteiger partial charge < -0.3 is 10.1 Å². The summed E-state index contributed by atoms with van der Waals surface area (Å²) in [7, 11) is 1.98. The second-order valence-electron chi connectivity index (χ2n) is 5.77. The normalized spacial score (nSPS) is 11.0. The molecule has 4 nitrogen and oxygen atoms in total. The van der Waals surface area contributed by atoms with Crippen LogP contribution in [0, 0.1) is 20.8 Å². The number of anilines is 1. The fourth-order valence-corrected chi connectivity index (χ4v) is 2.44. The van der Waals surface area contributed by atoms with E-state index in [-0.39, 0.29) is 6.10 Å². The first kappa shape index (κ1) is 15.4. The molecular weight excluding hydrogens is 262 g/mol. The Hall–Kier alpha value is -1.97. The highest BCUT2D eigenvalue weighted by atomic mass is 16.5. The van der Waals surface area contributed by atoms with Crippen LogP contribution in [-0.4, -0.2) is 15.9 Å². The minimum Gasteiger partial charge on any atom is -0.491 e. The number of benzene rings is 1. The molecule has 0 spiro atoms. The van der Waals surface area contributed by atoms with Gasteiger partial charge in [0.15, 0.2) is 0 Å². The molecule has 114 valence electrons. The van der Waals surface area contributed by atoms with Gasteiger partial charge in [0, 0.05) is 30.5 Å². The van der Waals surface area contributed by atoms with Crippen LogP contribution in [-0.2, 0) is 13.6 Å². The second kappa shape index (κ2) is 6.20. The molecular formula is C17H25N3O. The van der Waals surface area contributed by atoms with Crippen LogP contribution < -0.4 is 10.1 Å². The molecule has 0 saturated heterocycles. The van der Waals surface area contributed by atoms with Crippen molar-refractivity contribution in [3.63, 3.8) is 0 Å². The van der Waals surface area contributed by atoms with E-state index in [2.05, 4.69) is 43.3 Å². The molecule has 1 N–H and O–H groups in total. The molecule has 0 saturated carbocycles. The molecule has 0 unspecified atom stereocenters. The average Bonchev–Trinajstić information content (AvgIpc) is 2.62. The van der Waals surface area contributed by atoms with Crippen molar-refractivity contribution in [1.29, 1.82) is 0 Å². The number of ether oxygens (including phenoxy) is 1. The quantitative estimate of drug-likeness (QED) is 0.910. The van der Waals surface area contributed by atoms with Gasteiger partial charge in [0.05, 0.1) is 11.8 Å². The van der Waals surface area contributed by atoms with E-state index in [0.29, 0.717) is 0 Å². The minimum absolute atomic E-state index is 0.198. The summed E-state index contributed by atoms with van der Waals surface area (Å²) in [5.74, 6) is 0.918. The van der Waals surface area contributed by atoms with Crippen molar-refractivity contribution < 1.29 is 4.74 Å². The Morgan fingerprint density at radius 1 is 1.24 bits per heavy atom. The monoisotopic (exact) mass is 287 g/mol. The van der Waals surface area contributed by atoms with Gasteiger partial charge in [-0.05, 0) is 58.4 Å². The van der Waals surface area contributed by atoms with Crippen LogP contribution in [0.25, 0.3) is 0 Å². The number of hydrogen-bond acceptors (Lipinski definition) is 3. The zero-order valence-corrected chi connectivity index (χ0v) is 13.8. The summed E-state index contributed by atoms with van der Waals surface area (Å²) in [6.45, 7) is 11.1. The minimum atomic E-state index is 0.198. The summed E-state index contributed by atoms with van der Waals surface area (Å²) in [5.41, 5.74) is 5.87. The Labute approximate surface area is 127 Å². The maximum atomic E-state index is 5.71. The van der Waals surface area contributed by atoms with Gasteiger partial charge in [-0.2, -0.15) is 5.10 Å². The molecule has 2 aromatic rings. The Morgan fingerprint density at radius 3 is 2.48 bits per heavy atom. The molecule has 1 aromatic heterocycles. The SMILES string of the molecule is Cc1cc(OC(C)C)ccc1NCc1c(C)nn(C)c1C. The van der Waals surface area contributed by atoms with Crippen molar-refractivity contribution >= 4 is 5.69 Å². The summed E-state index contributed by atoms with van der Waals surface area (Å²) in [4.78, 5) is 0. The third-order valence-corrected chi connectivity index (χ3v) is 3.68. The summed E-state index contributed by atoms with van der Waals surface area (Å²) < 4.78 is 7.64. The van der Waals surface area contributed by atoms with E-state index >= 15 is 0 Å². The van der Waals surface area contributed by atoms with E-state index < -0.39 is 0 Å². The van der Waals surface area contributed by atoms with Gasteiger partial charge >= 0.3 is 0 Å². The Bertz CT molecular complexity index is 629. The zero-order chi connectivity index (χ0) is 15.6. The van der Waals surface area contributed by atoms with Crippen LogP contribution in [0.1, 0.15) is 36.4 Å². The number of aryl methyl sites for hydroxylation is 3. The highest BCUT2D eigenvalue weighted by Gasteiger charge is 2.09. The lowest BCUT2D eigenvalue weighted by molar-refractivity contribution is 0.242. The fourth-order valence-electron chi connectivity index (χ4n) is 2.44. The topological polar surface area (TPSA) is 39.1 Å². The summed E-state index contributed by atoms with van der Waals surface area (Å²) >= 11 is 0. The van der Waals surface area contributed by atoms with E-state index in [1.54, 1.807) is 0 Å². The molecule has 0 amide bonds. The molecule has 1 aromatic carbocycles. The van der Waals surface area contributed by atoms with Crippen LogP contribution in [0.4, 0.5) is 5.69 Å². The average molecular weight is 287 g/mol. The van der Waals surface area contributed by atoms with Crippen molar-refractivity contribution in [2.75, 3.05) is 5.32 Å². The maximum Gasteiger partial charge on any atom is 0.120 e. The van der Waals surface area contributed by atoms with Crippen LogP contribution in [0.3, 0.4) is 0 Å². The maximum absolute atomic E-state index is 5.71. The molecule has 4 heteroatoms. The molecule has 0 fully saturated rings. The number of hydrogen-bond donors (Lipinski definition) is 1. The smallest absolute Gasteiger partial charge is 0.120 e. The standard InChI is InChI=1S/C17H25N3O/c1-11(2)21-15-7-8-17(12(3)9-15)18-10-16-13(4)19-20(6)14(16)5/h7-9,11,18H,10H2,1-6H3. The Morgan fingerprint density at radius 2 is 1.95 bits per heavy atom. The van der Waals surface area contributed by atoms with E-state index in [1.807, 2.05) is 31.6 Å². The van der Waals surface area contributed by atoms with Crippen LogP contribution in [0.5, 0.6) is 5.75 Å². The molecule has 0 aliphatic rings. The third-order valence-electron chi connectivity index (χ3n) is 3.68. The predicted octanol–water partition coefficient (Wildman–Crippen LogP) is 3.74. The first-order valence-electron chi connectivity index (χ1n) is 7.38. The lowest BCUT2D eigenvalue weighted by Crippen LogP contribution is -2.07. The van der Waals surface area contributed by atoms with Crippen molar-refractivity contribution in [2.45, 2.75) is 47.3 Å². The summed E-state index contributed by atoms with van der Waals surface area (Å²) in [5, 5.41) is 7.94. The third kappa shape index (κ3) is 3.57. The molecule has 0 radical (unpaired) electrons. The fraction of sp³-hybridized carbons (Fsp3) is 0.471. The van der Waals surface area contributed by atoms with Gasteiger partial charge in [0.1, 0.15) is 5.75 Å². The zero-order valence-electron chi connectivity index (χ0n) is 13.8. The molecule has 21 heavy (non-hydrogen) atoms. The molecule has 2 rings (SSSR count). The van der Waals surface area contributed by atoms with E-state index in [4.69, 9.17) is 4.74 Å². The predicted molar refractivity (Wildman–Crippen MR) is 87.0 cm³/mol. The summed E-state index contributed by atoms with van der Waals surface area (Å²) in [6, 6.07) is 6.16. The van der Waals surface area contributed by atoms with Crippen LogP contribution in [0.2, 0.25) is 0 Å². The van der Waals surface area contributed by atoms with Crippen molar-refractivity contribution in [3.05, 3.63) is 40.7 Å². The number of nitrogens with zero attached hydrogens (tertiary/aromatic N) is 2. The Kier molecular flexibility index (Phi) is 4.56. The van der Waals surface area contributed by atoms with Crippen LogP contribution >= 0.6 is 0 Å². The molecule has 1 heterocycles. The van der Waals surface area contributed by atoms with Crippen molar-refractivity contribution in [2.24, 2.45) is 7.05 Å². The highest BCUT2D eigenvalue weighted by Crippen LogP contribution is 2.23. The van der Waals surface area contributed by atoms with E-state index in [9.17, 15) is 0 Å². The lowest BCUT2D eigenvalue weighted by atomic mass is 10.1. The lowest BCUT2D eigenvalue weighted by Gasteiger charge is -2.14. The van der Waals surface area contributed by atoms with Gasteiger partial charge in [-0.3, -0.25) is 4.68 Å². The largest absolute Gasteiger partial charge is 0.491 e. The first-order chi connectivity index (χ1) is 9.88. The van der Waals surface area contributed by atoms with Crippen LogP contribution in [0.15, 0.2) is 18.2 Å². The first-order valence-corrected chi connectivity index (χ1v) is 7.38. The van der Waals surface area contributed by atoms with E-state index in [1.165, 1.54) is 16.8 Å². The summed E-state index contributed by atoms with van der Waals surface area (Å²) in [6.07, 6.45) is 0.198. The molecule has 0 aliphatic carbocycles. The Balaban J connectivity index is 2.10.